The molecule has 0 saturated carbocycles. The van der Waals surface area contributed by atoms with Crippen molar-refractivity contribution in [3.05, 3.63) is 52.8 Å². The monoisotopic (exact) mass is 316 g/mol. The Kier molecular flexibility index (Phi) is 4.40. The van der Waals surface area contributed by atoms with Gasteiger partial charge in [0.15, 0.2) is 0 Å². The number of nitrogen functional groups attached to an aromatic ring is 1. The fourth-order valence-electron chi connectivity index (χ4n) is 1.94. The van der Waals surface area contributed by atoms with Crippen LogP contribution in [0.1, 0.15) is 29.2 Å². The van der Waals surface area contributed by atoms with Gasteiger partial charge in [-0.15, -0.1) is 15.3 Å². The van der Waals surface area contributed by atoms with E-state index in [0.717, 1.165) is 16.3 Å². The van der Waals surface area contributed by atoms with Gasteiger partial charge >= 0.3 is 0 Å². The predicted octanol–water partition coefficient (Wildman–Crippen LogP) is 2.04. The van der Waals surface area contributed by atoms with Crippen LogP contribution >= 0.6 is 11.3 Å². The first-order valence-electron chi connectivity index (χ1n) is 6.83. The lowest BCUT2D eigenvalue weighted by Gasteiger charge is -2.05. The van der Waals surface area contributed by atoms with Crippen molar-refractivity contribution in [3.8, 4) is 0 Å². The van der Waals surface area contributed by atoms with Crippen LogP contribution in [0.5, 0.6) is 0 Å². The average molecular weight is 316 g/mol. The summed E-state index contributed by atoms with van der Waals surface area (Å²) in [4.78, 5) is 0. The standard InChI is InChI=1S/C14H16N6OS/c1-10(13-17-18-14(15)22-13)20-7-12(16-19-20)9-21-8-11-5-3-2-4-6-11/h2-7,10H,8-9H2,1H3,(H2,15,18)/t10-/m1/s1. The quantitative estimate of drug-likeness (QED) is 0.748. The Bertz CT molecular complexity index is 726. The highest BCUT2D eigenvalue weighted by molar-refractivity contribution is 7.15. The number of nitrogens with two attached hydrogens (primary N) is 1. The molecule has 2 N–H and O–H groups in total. The molecule has 0 aliphatic rings. The van der Waals surface area contributed by atoms with Crippen molar-refractivity contribution >= 4 is 16.5 Å². The van der Waals surface area contributed by atoms with E-state index in [1.54, 1.807) is 4.68 Å². The van der Waals surface area contributed by atoms with Gasteiger partial charge in [-0.3, -0.25) is 0 Å². The summed E-state index contributed by atoms with van der Waals surface area (Å²) in [6.07, 6.45) is 1.85. The summed E-state index contributed by atoms with van der Waals surface area (Å²) in [6, 6.07) is 9.97. The second-order valence-electron chi connectivity index (χ2n) is 4.82. The molecule has 1 aromatic carbocycles. The molecule has 0 aliphatic heterocycles. The molecule has 1 atom stereocenters. The van der Waals surface area contributed by atoms with Gasteiger partial charge in [-0.2, -0.15) is 0 Å². The summed E-state index contributed by atoms with van der Waals surface area (Å²) in [7, 11) is 0. The van der Waals surface area contributed by atoms with Crippen LogP contribution in [0, 0.1) is 0 Å². The third-order valence-corrected chi connectivity index (χ3v) is 4.05. The zero-order chi connectivity index (χ0) is 15.4. The number of ether oxygens (including phenoxy) is 1. The Morgan fingerprint density at radius 1 is 1.18 bits per heavy atom. The molecule has 3 aromatic rings. The normalized spacial score (nSPS) is 12.4. The summed E-state index contributed by atoms with van der Waals surface area (Å²) in [5, 5.41) is 17.3. The van der Waals surface area contributed by atoms with Crippen LogP contribution in [-0.4, -0.2) is 25.2 Å². The molecule has 0 spiro atoms. The number of hydrogen-bond donors (Lipinski definition) is 1. The van der Waals surface area contributed by atoms with Crippen LogP contribution in [0.25, 0.3) is 0 Å². The Balaban J connectivity index is 1.57. The van der Waals surface area contributed by atoms with Crippen LogP contribution in [0.4, 0.5) is 5.13 Å². The molecule has 114 valence electrons. The molecule has 0 fully saturated rings. The minimum atomic E-state index is -0.0508. The largest absolute Gasteiger partial charge is 0.374 e. The molecule has 0 saturated heterocycles. The van der Waals surface area contributed by atoms with Crippen molar-refractivity contribution in [3.63, 3.8) is 0 Å². The second kappa shape index (κ2) is 6.63. The van der Waals surface area contributed by atoms with Gasteiger partial charge in [0.25, 0.3) is 0 Å². The first kappa shape index (κ1) is 14.6. The lowest BCUT2D eigenvalue weighted by molar-refractivity contribution is 0.104. The van der Waals surface area contributed by atoms with E-state index in [1.807, 2.05) is 43.5 Å². The van der Waals surface area contributed by atoms with Gasteiger partial charge in [0, 0.05) is 0 Å². The first-order valence-corrected chi connectivity index (χ1v) is 7.65. The topological polar surface area (TPSA) is 91.7 Å². The SMILES string of the molecule is C[C@H](c1nnc(N)s1)n1cc(COCc2ccccc2)nn1. The van der Waals surface area contributed by atoms with Gasteiger partial charge in [0.1, 0.15) is 16.7 Å². The van der Waals surface area contributed by atoms with Crippen LogP contribution in [0.15, 0.2) is 36.5 Å². The van der Waals surface area contributed by atoms with Gasteiger partial charge in [0.05, 0.1) is 19.4 Å². The van der Waals surface area contributed by atoms with Crippen molar-refractivity contribution in [1.29, 1.82) is 0 Å². The lowest BCUT2D eigenvalue weighted by Crippen LogP contribution is -2.07. The molecule has 22 heavy (non-hydrogen) atoms. The van der Waals surface area contributed by atoms with Crippen LogP contribution in [0.2, 0.25) is 0 Å². The summed E-state index contributed by atoms with van der Waals surface area (Å²) in [5.74, 6) is 0. The smallest absolute Gasteiger partial charge is 0.203 e. The van der Waals surface area contributed by atoms with Crippen molar-refractivity contribution in [2.24, 2.45) is 0 Å². The molecule has 2 heterocycles. The van der Waals surface area contributed by atoms with E-state index in [1.165, 1.54) is 11.3 Å². The van der Waals surface area contributed by atoms with E-state index in [0.29, 0.717) is 18.3 Å². The zero-order valence-corrected chi connectivity index (χ0v) is 12.9. The number of hydrogen-bond acceptors (Lipinski definition) is 7. The highest BCUT2D eigenvalue weighted by Crippen LogP contribution is 2.22. The third kappa shape index (κ3) is 3.46. The lowest BCUT2D eigenvalue weighted by atomic mass is 10.2. The van der Waals surface area contributed by atoms with Gasteiger partial charge in [-0.1, -0.05) is 46.9 Å². The predicted molar refractivity (Wildman–Crippen MR) is 83.1 cm³/mol. The Labute approximate surface area is 131 Å². The van der Waals surface area contributed by atoms with Crippen molar-refractivity contribution < 1.29 is 4.74 Å². The molecule has 0 bridgehead atoms. The maximum absolute atomic E-state index is 5.65. The minimum Gasteiger partial charge on any atom is -0.374 e. The summed E-state index contributed by atoms with van der Waals surface area (Å²) in [6.45, 7) is 2.94. The molecule has 3 rings (SSSR count). The summed E-state index contributed by atoms with van der Waals surface area (Å²) >= 11 is 1.35. The Morgan fingerprint density at radius 2 is 2.00 bits per heavy atom. The van der Waals surface area contributed by atoms with Crippen LogP contribution in [-0.2, 0) is 18.0 Å². The van der Waals surface area contributed by atoms with E-state index in [-0.39, 0.29) is 6.04 Å². The summed E-state index contributed by atoms with van der Waals surface area (Å²) < 4.78 is 7.38. The summed E-state index contributed by atoms with van der Waals surface area (Å²) in [5.41, 5.74) is 7.51. The molecule has 0 amide bonds. The number of benzene rings is 1. The van der Waals surface area contributed by atoms with Gasteiger partial charge in [-0.05, 0) is 12.5 Å². The number of nitrogens with zero attached hydrogens (tertiary/aromatic N) is 5. The third-order valence-electron chi connectivity index (χ3n) is 3.13. The fraction of sp³-hybridized carbons (Fsp3) is 0.286. The molecular formula is C14H16N6OS. The van der Waals surface area contributed by atoms with E-state index in [9.17, 15) is 0 Å². The molecule has 7 nitrogen and oxygen atoms in total. The zero-order valence-electron chi connectivity index (χ0n) is 12.1. The second-order valence-corrected chi connectivity index (χ2v) is 5.86. The Morgan fingerprint density at radius 3 is 2.73 bits per heavy atom. The molecule has 0 aliphatic carbocycles. The highest BCUT2D eigenvalue weighted by Gasteiger charge is 2.15. The molecule has 0 unspecified atom stereocenters. The maximum Gasteiger partial charge on any atom is 0.203 e. The van der Waals surface area contributed by atoms with Gasteiger partial charge in [-0.25, -0.2) is 4.68 Å². The molecule has 2 aromatic heterocycles. The first-order chi connectivity index (χ1) is 10.7. The van der Waals surface area contributed by atoms with Gasteiger partial charge < -0.3 is 10.5 Å². The number of rotatable bonds is 6. The maximum atomic E-state index is 5.65. The fourth-order valence-corrected chi connectivity index (χ4v) is 2.60. The van der Waals surface area contributed by atoms with E-state index < -0.39 is 0 Å². The average Bonchev–Trinajstić information content (AvgIpc) is 3.17. The van der Waals surface area contributed by atoms with Crippen LogP contribution in [0.3, 0.4) is 0 Å². The Hall–Kier alpha value is -2.32. The highest BCUT2D eigenvalue weighted by atomic mass is 32.1. The van der Waals surface area contributed by atoms with E-state index in [2.05, 4.69) is 20.5 Å². The number of anilines is 1. The van der Waals surface area contributed by atoms with Crippen molar-refractivity contribution in [2.45, 2.75) is 26.2 Å². The van der Waals surface area contributed by atoms with Crippen LogP contribution < -0.4 is 5.73 Å². The van der Waals surface area contributed by atoms with Crippen molar-refractivity contribution in [2.75, 3.05) is 5.73 Å². The minimum absolute atomic E-state index is 0.0508. The molecule has 0 radical (unpaired) electrons. The van der Waals surface area contributed by atoms with E-state index >= 15 is 0 Å². The van der Waals surface area contributed by atoms with Gasteiger partial charge in [0.2, 0.25) is 5.13 Å². The van der Waals surface area contributed by atoms with E-state index in [4.69, 9.17) is 10.5 Å². The molecule has 8 heteroatoms. The number of aromatic nitrogens is 5. The molecular weight excluding hydrogens is 300 g/mol. The van der Waals surface area contributed by atoms with Crippen molar-refractivity contribution in [1.82, 2.24) is 25.2 Å².